The Labute approximate surface area is 164 Å². The number of nitrogens with one attached hydrogen (secondary N) is 2. The highest BCUT2D eigenvalue weighted by Crippen LogP contribution is 2.20. The topological polar surface area (TPSA) is 57.8 Å². The quantitative estimate of drug-likeness (QED) is 0.501. The number of hydrogen-bond acceptors (Lipinski definition) is 2. The van der Waals surface area contributed by atoms with Crippen LogP contribution in [0.25, 0.3) is 22.7 Å². The second-order valence-corrected chi connectivity index (χ2v) is 6.74. The summed E-state index contributed by atoms with van der Waals surface area (Å²) in [5, 5.41) is 3.01. The highest BCUT2D eigenvalue weighted by molar-refractivity contribution is 6.23. The molecule has 2 N–H and O–H groups in total. The van der Waals surface area contributed by atoms with E-state index >= 15 is 0 Å². The summed E-state index contributed by atoms with van der Waals surface area (Å²) < 4.78 is 0. The van der Waals surface area contributed by atoms with Crippen LogP contribution in [0, 0.1) is 6.92 Å². The van der Waals surface area contributed by atoms with Crippen LogP contribution in [0.3, 0.4) is 0 Å². The number of para-hydroxylation sites is 2. The summed E-state index contributed by atoms with van der Waals surface area (Å²) in [6.45, 7) is 2.50. The number of H-pyrrole nitrogens is 1. The first-order valence-corrected chi connectivity index (χ1v) is 9.25. The van der Waals surface area contributed by atoms with Gasteiger partial charge >= 0.3 is 0 Å². The van der Waals surface area contributed by atoms with Gasteiger partial charge in [-0.3, -0.25) is 4.79 Å². The third-order valence-electron chi connectivity index (χ3n) is 4.54. The van der Waals surface area contributed by atoms with Gasteiger partial charge in [0.2, 0.25) is 0 Å². The van der Waals surface area contributed by atoms with Crippen LogP contribution < -0.4 is 5.32 Å². The number of nitrogens with zero attached hydrogens (tertiary/aromatic N) is 1. The average Bonchev–Trinajstić information content (AvgIpc) is 3.15. The van der Waals surface area contributed by atoms with Crippen molar-refractivity contribution in [1.82, 2.24) is 15.3 Å². The number of aromatic nitrogens is 2. The Balaban J connectivity index is 1.69. The normalized spacial score (nSPS) is 11.5. The Morgan fingerprint density at radius 2 is 1.79 bits per heavy atom. The zero-order chi connectivity index (χ0) is 19.3. The van der Waals surface area contributed by atoms with Crippen molar-refractivity contribution in [3.05, 3.63) is 101 Å². The van der Waals surface area contributed by atoms with Crippen molar-refractivity contribution >= 4 is 28.6 Å². The van der Waals surface area contributed by atoms with Gasteiger partial charge in [0.1, 0.15) is 5.82 Å². The molecule has 0 spiro atoms. The molecule has 1 heterocycles. The van der Waals surface area contributed by atoms with Crippen molar-refractivity contribution in [2.24, 2.45) is 0 Å². The largest absolute Gasteiger partial charge is 0.348 e. The molecule has 0 radical (unpaired) electrons. The van der Waals surface area contributed by atoms with Gasteiger partial charge in [0.25, 0.3) is 5.91 Å². The molecule has 0 aliphatic rings. The van der Waals surface area contributed by atoms with Crippen LogP contribution in [0.1, 0.15) is 22.5 Å². The molecule has 138 valence electrons. The number of amides is 1. The number of benzene rings is 3. The van der Waals surface area contributed by atoms with Crippen LogP contribution in [-0.2, 0) is 11.3 Å². The van der Waals surface area contributed by atoms with E-state index in [2.05, 4.69) is 15.3 Å². The Bertz CT molecular complexity index is 1110. The van der Waals surface area contributed by atoms with Gasteiger partial charge in [-0.2, -0.15) is 0 Å². The van der Waals surface area contributed by atoms with Gasteiger partial charge < -0.3 is 10.3 Å². The van der Waals surface area contributed by atoms with E-state index in [0.29, 0.717) is 17.9 Å². The van der Waals surface area contributed by atoms with Crippen molar-refractivity contribution in [2.45, 2.75) is 13.5 Å². The molecule has 0 saturated carbocycles. The number of rotatable bonds is 5. The predicted octanol–water partition coefficient (Wildman–Crippen LogP) is 4.73. The molecule has 0 bridgehead atoms. The molecule has 0 aliphatic carbocycles. The van der Waals surface area contributed by atoms with Crippen molar-refractivity contribution in [1.29, 1.82) is 0 Å². The second kappa shape index (κ2) is 7.92. The summed E-state index contributed by atoms with van der Waals surface area (Å²) in [4.78, 5) is 20.9. The van der Waals surface area contributed by atoms with Crippen LogP contribution in [0.2, 0.25) is 0 Å². The number of hydrogen-bond donors (Lipinski definition) is 2. The standard InChI is InChI=1S/C24H21N3O/c1-17-8-7-11-19(14-17)15-20(23-26-21-12-5-6-13-22(21)27-23)24(28)25-16-18-9-3-2-4-10-18/h2-15H,16H2,1H3,(H,25,28)(H,26,27)/b20-15+. The maximum Gasteiger partial charge on any atom is 0.255 e. The van der Waals surface area contributed by atoms with Gasteiger partial charge in [-0.1, -0.05) is 72.3 Å². The van der Waals surface area contributed by atoms with Crippen LogP contribution in [0.15, 0.2) is 78.9 Å². The van der Waals surface area contributed by atoms with Crippen LogP contribution >= 0.6 is 0 Å². The van der Waals surface area contributed by atoms with E-state index in [1.54, 1.807) is 0 Å². The van der Waals surface area contributed by atoms with Gasteiger partial charge in [0.05, 0.1) is 16.6 Å². The van der Waals surface area contributed by atoms with E-state index in [1.165, 1.54) is 0 Å². The predicted molar refractivity (Wildman–Crippen MR) is 113 cm³/mol. The number of imidazole rings is 1. The van der Waals surface area contributed by atoms with E-state index in [1.807, 2.05) is 91.9 Å². The van der Waals surface area contributed by atoms with Crippen molar-refractivity contribution in [2.75, 3.05) is 0 Å². The molecule has 4 nitrogen and oxygen atoms in total. The van der Waals surface area contributed by atoms with E-state index in [-0.39, 0.29) is 5.91 Å². The number of carbonyl (C=O) groups excluding carboxylic acids is 1. The Morgan fingerprint density at radius 1 is 1.00 bits per heavy atom. The molecule has 3 aromatic carbocycles. The Kier molecular flexibility index (Phi) is 5.02. The van der Waals surface area contributed by atoms with Gasteiger partial charge in [0.15, 0.2) is 0 Å². The van der Waals surface area contributed by atoms with Crippen LogP contribution in [0.4, 0.5) is 0 Å². The molecule has 0 aliphatic heterocycles. The molecular weight excluding hydrogens is 346 g/mol. The molecule has 0 saturated heterocycles. The summed E-state index contributed by atoms with van der Waals surface area (Å²) in [5.41, 5.74) is 5.41. The summed E-state index contributed by atoms with van der Waals surface area (Å²) in [7, 11) is 0. The Morgan fingerprint density at radius 3 is 2.57 bits per heavy atom. The molecule has 0 fully saturated rings. The van der Waals surface area contributed by atoms with E-state index < -0.39 is 0 Å². The number of fused-ring (bicyclic) bond motifs is 1. The lowest BCUT2D eigenvalue weighted by Gasteiger charge is -2.08. The first-order valence-electron chi connectivity index (χ1n) is 9.25. The van der Waals surface area contributed by atoms with E-state index in [0.717, 1.165) is 27.7 Å². The van der Waals surface area contributed by atoms with Gasteiger partial charge in [-0.05, 0) is 36.3 Å². The maximum absolute atomic E-state index is 13.0. The molecule has 0 unspecified atom stereocenters. The third kappa shape index (κ3) is 4.01. The Hall–Kier alpha value is -3.66. The fraction of sp³-hybridized carbons (Fsp3) is 0.0833. The van der Waals surface area contributed by atoms with Gasteiger partial charge in [-0.25, -0.2) is 4.98 Å². The monoisotopic (exact) mass is 367 g/mol. The zero-order valence-corrected chi connectivity index (χ0v) is 15.6. The van der Waals surface area contributed by atoms with E-state index in [4.69, 9.17) is 0 Å². The first-order chi connectivity index (χ1) is 13.7. The lowest BCUT2D eigenvalue weighted by Crippen LogP contribution is -2.24. The number of aromatic amines is 1. The van der Waals surface area contributed by atoms with Crippen LogP contribution in [-0.4, -0.2) is 15.9 Å². The van der Waals surface area contributed by atoms with Crippen LogP contribution in [0.5, 0.6) is 0 Å². The molecule has 1 aromatic heterocycles. The molecule has 4 rings (SSSR count). The third-order valence-corrected chi connectivity index (χ3v) is 4.54. The van der Waals surface area contributed by atoms with Crippen molar-refractivity contribution in [3.63, 3.8) is 0 Å². The molecule has 28 heavy (non-hydrogen) atoms. The van der Waals surface area contributed by atoms with Crippen molar-refractivity contribution < 1.29 is 4.79 Å². The minimum Gasteiger partial charge on any atom is -0.348 e. The summed E-state index contributed by atoms with van der Waals surface area (Å²) >= 11 is 0. The highest BCUT2D eigenvalue weighted by Gasteiger charge is 2.16. The minimum atomic E-state index is -0.163. The summed E-state index contributed by atoms with van der Waals surface area (Å²) in [6, 6.07) is 25.7. The molecular formula is C24H21N3O. The summed E-state index contributed by atoms with van der Waals surface area (Å²) in [5.74, 6) is 0.401. The number of carbonyl (C=O) groups is 1. The maximum atomic E-state index is 13.0. The zero-order valence-electron chi connectivity index (χ0n) is 15.6. The minimum absolute atomic E-state index is 0.163. The summed E-state index contributed by atoms with van der Waals surface area (Å²) in [6.07, 6.45) is 1.88. The lowest BCUT2D eigenvalue weighted by molar-refractivity contribution is -0.115. The number of aryl methyl sites for hydroxylation is 1. The molecule has 0 atom stereocenters. The molecule has 1 amide bonds. The van der Waals surface area contributed by atoms with E-state index in [9.17, 15) is 4.79 Å². The smallest absolute Gasteiger partial charge is 0.255 e. The SMILES string of the molecule is Cc1cccc(/C=C(/C(=O)NCc2ccccc2)c2nc3ccccc3[nH]2)c1. The fourth-order valence-electron chi connectivity index (χ4n) is 3.12. The fourth-order valence-corrected chi connectivity index (χ4v) is 3.12. The molecule has 4 aromatic rings. The van der Waals surface area contributed by atoms with Gasteiger partial charge in [0, 0.05) is 6.54 Å². The lowest BCUT2D eigenvalue weighted by atomic mass is 10.1. The molecule has 4 heteroatoms. The second-order valence-electron chi connectivity index (χ2n) is 6.74. The van der Waals surface area contributed by atoms with Crippen molar-refractivity contribution in [3.8, 4) is 0 Å². The highest BCUT2D eigenvalue weighted by atomic mass is 16.1. The first kappa shape index (κ1) is 17.7. The average molecular weight is 367 g/mol. The van der Waals surface area contributed by atoms with Gasteiger partial charge in [-0.15, -0.1) is 0 Å².